The van der Waals surface area contributed by atoms with Crippen molar-refractivity contribution in [2.45, 2.75) is 19.8 Å². The average Bonchev–Trinajstić information content (AvgIpc) is 2.66. The van der Waals surface area contributed by atoms with E-state index in [1.165, 1.54) is 0 Å². The van der Waals surface area contributed by atoms with Gasteiger partial charge >= 0.3 is 0 Å². The first kappa shape index (κ1) is 12.7. The summed E-state index contributed by atoms with van der Waals surface area (Å²) in [6.07, 6.45) is 3.96. The van der Waals surface area contributed by atoms with Crippen molar-refractivity contribution in [3.05, 3.63) is 6.20 Å². The van der Waals surface area contributed by atoms with Crippen LogP contribution in [0.5, 0.6) is 0 Å². The predicted molar refractivity (Wildman–Crippen MR) is 71.2 cm³/mol. The second-order valence-electron chi connectivity index (χ2n) is 4.95. The van der Waals surface area contributed by atoms with Crippen molar-refractivity contribution in [3.8, 4) is 0 Å². The van der Waals surface area contributed by atoms with Crippen LogP contribution in [0.1, 0.15) is 19.8 Å². The Morgan fingerprint density at radius 3 is 2.72 bits per heavy atom. The average molecular weight is 251 g/mol. The maximum absolute atomic E-state index is 10.9. The predicted octanol–water partition coefficient (Wildman–Crippen LogP) is 0.355. The van der Waals surface area contributed by atoms with Crippen LogP contribution in [-0.2, 0) is 11.8 Å². The number of carbonyl (C=O) groups is 1. The van der Waals surface area contributed by atoms with Gasteiger partial charge in [-0.2, -0.15) is 5.10 Å². The second kappa shape index (κ2) is 5.29. The Labute approximate surface area is 107 Å². The first-order valence-corrected chi connectivity index (χ1v) is 6.34. The van der Waals surface area contributed by atoms with Gasteiger partial charge in [0.25, 0.3) is 0 Å². The minimum atomic E-state index is 0.0476. The van der Waals surface area contributed by atoms with Gasteiger partial charge in [0.15, 0.2) is 5.82 Å². The van der Waals surface area contributed by atoms with E-state index in [1.807, 2.05) is 13.2 Å². The van der Waals surface area contributed by atoms with Crippen molar-refractivity contribution < 1.29 is 4.79 Å². The number of rotatable bonds is 3. The molecule has 1 aliphatic heterocycles. The SMILES string of the molecule is CC(=O)NCC1CCN(c2nn(C)cc2N)CC1. The lowest BCUT2D eigenvalue weighted by molar-refractivity contribution is -0.119. The third kappa shape index (κ3) is 2.94. The van der Waals surface area contributed by atoms with Gasteiger partial charge in [0.1, 0.15) is 0 Å². The van der Waals surface area contributed by atoms with Crippen molar-refractivity contribution >= 4 is 17.4 Å². The number of hydrogen-bond acceptors (Lipinski definition) is 4. The maximum atomic E-state index is 10.9. The van der Waals surface area contributed by atoms with Crippen LogP contribution in [0.2, 0.25) is 0 Å². The molecular weight excluding hydrogens is 230 g/mol. The summed E-state index contributed by atoms with van der Waals surface area (Å²) in [5, 5.41) is 7.26. The molecule has 0 unspecified atom stereocenters. The molecule has 0 saturated carbocycles. The van der Waals surface area contributed by atoms with Crippen molar-refractivity contribution in [3.63, 3.8) is 0 Å². The molecule has 0 radical (unpaired) electrons. The van der Waals surface area contributed by atoms with Crippen LogP contribution in [0.3, 0.4) is 0 Å². The van der Waals surface area contributed by atoms with Crippen LogP contribution < -0.4 is 16.0 Å². The van der Waals surface area contributed by atoms with Crippen LogP contribution >= 0.6 is 0 Å². The van der Waals surface area contributed by atoms with E-state index >= 15 is 0 Å². The van der Waals surface area contributed by atoms with Crippen LogP contribution in [0, 0.1) is 5.92 Å². The molecule has 0 aliphatic carbocycles. The number of aromatic nitrogens is 2. The van der Waals surface area contributed by atoms with Gasteiger partial charge in [-0.25, -0.2) is 0 Å². The van der Waals surface area contributed by atoms with Crippen molar-refractivity contribution in [2.75, 3.05) is 30.3 Å². The number of nitrogens with two attached hydrogens (primary N) is 1. The van der Waals surface area contributed by atoms with Gasteiger partial charge < -0.3 is 16.0 Å². The molecule has 6 nitrogen and oxygen atoms in total. The van der Waals surface area contributed by atoms with Crippen molar-refractivity contribution in [1.29, 1.82) is 0 Å². The highest BCUT2D eigenvalue weighted by atomic mass is 16.1. The molecule has 0 aromatic carbocycles. The zero-order chi connectivity index (χ0) is 13.1. The number of piperidine rings is 1. The number of nitrogens with one attached hydrogen (secondary N) is 1. The van der Waals surface area contributed by atoms with Gasteiger partial charge in [0.2, 0.25) is 5.91 Å². The molecule has 100 valence electrons. The van der Waals surface area contributed by atoms with E-state index in [1.54, 1.807) is 11.6 Å². The molecule has 1 saturated heterocycles. The van der Waals surface area contributed by atoms with E-state index in [2.05, 4.69) is 15.3 Å². The second-order valence-corrected chi connectivity index (χ2v) is 4.95. The highest BCUT2D eigenvalue weighted by Gasteiger charge is 2.22. The summed E-state index contributed by atoms with van der Waals surface area (Å²) in [6, 6.07) is 0. The summed E-state index contributed by atoms with van der Waals surface area (Å²) in [7, 11) is 1.88. The molecule has 1 aliphatic rings. The third-order valence-electron chi connectivity index (χ3n) is 3.39. The Bertz CT molecular complexity index is 420. The summed E-state index contributed by atoms with van der Waals surface area (Å²) >= 11 is 0. The van der Waals surface area contributed by atoms with Crippen LogP contribution in [0.15, 0.2) is 6.20 Å². The lowest BCUT2D eigenvalue weighted by Gasteiger charge is -2.32. The molecule has 1 fully saturated rings. The van der Waals surface area contributed by atoms with Crippen molar-refractivity contribution in [1.82, 2.24) is 15.1 Å². The fourth-order valence-corrected chi connectivity index (χ4v) is 2.38. The molecule has 0 bridgehead atoms. The molecule has 0 spiro atoms. The minimum absolute atomic E-state index is 0.0476. The summed E-state index contributed by atoms with van der Waals surface area (Å²) < 4.78 is 1.74. The molecule has 1 aromatic rings. The first-order chi connectivity index (χ1) is 8.56. The van der Waals surface area contributed by atoms with Gasteiger partial charge in [0, 0.05) is 39.8 Å². The Hall–Kier alpha value is -1.72. The van der Waals surface area contributed by atoms with E-state index in [4.69, 9.17) is 5.73 Å². The first-order valence-electron chi connectivity index (χ1n) is 6.34. The standard InChI is InChI=1S/C12H21N5O/c1-9(18)14-7-10-3-5-17(6-4-10)12-11(13)8-16(2)15-12/h8,10H,3-7,13H2,1-2H3,(H,14,18). The van der Waals surface area contributed by atoms with E-state index in [-0.39, 0.29) is 5.91 Å². The molecule has 2 rings (SSSR count). The molecule has 3 N–H and O–H groups in total. The summed E-state index contributed by atoms with van der Waals surface area (Å²) in [5.41, 5.74) is 6.66. The molecule has 1 amide bonds. The Morgan fingerprint density at radius 1 is 1.56 bits per heavy atom. The minimum Gasteiger partial charge on any atom is -0.394 e. The fourth-order valence-electron chi connectivity index (χ4n) is 2.38. The number of hydrogen-bond donors (Lipinski definition) is 2. The number of nitrogens with zero attached hydrogens (tertiary/aromatic N) is 3. The van der Waals surface area contributed by atoms with E-state index < -0.39 is 0 Å². The third-order valence-corrected chi connectivity index (χ3v) is 3.39. The van der Waals surface area contributed by atoms with Crippen LogP contribution in [0.4, 0.5) is 11.5 Å². The number of nitrogen functional groups attached to an aromatic ring is 1. The lowest BCUT2D eigenvalue weighted by atomic mass is 9.97. The molecular formula is C12H21N5O. The summed E-state index contributed by atoms with van der Waals surface area (Å²) in [5.74, 6) is 1.50. The Kier molecular flexibility index (Phi) is 3.74. The molecule has 18 heavy (non-hydrogen) atoms. The topological polar surface area (TPSA) is 76.2 Å². The number of aryl methyl sites for hydroxylation is 1. The van der Waals surface area contributed by atoms with Gasteiger partial charge in [-0.15, -0.1) is 0 Å². The molecule has 1 aromatic heterocycles. The van der Waals surface area contributed by atoms with E-state index in [0.717, 1.165) is 44.0 Å². The number of anilines is 2. The normalized spacial score (nSPS) is 16.9. The van der Waals surface area contributed by atoms with Crippen LogP contribution in [0.25, 0.3) is 0 Å². The Morgan fingerprint density at radius 2 is 2.22 bits per heavy atom. The monoisotopic (exact) mass is 251 g/mol. The zero-order valence-electron chi connectivity index (χ0n) is 11.0. The Balaban J connectivity index is 1.86. The maximum Gasteiger partial charge on any atom is 0.216 e. The highest BCUT2D eigenvalue weighted by Crippen LogP contribution is 2.25. The van der Waals surface area contributed by atoms with Gasteiger partial charge in [-0.05, 0) is 18.8 Å². The highest BCUT2D eigenvalue weighted by molar-refractivity contribution is 5.72. The molecule has 2 heterocycles. The van der Waals surface area contributed by atoms with Gasteiger partial charge in [0.05, 0.1) is 5.69 Å². The summed E-state index contributed by atoms with van der Waals surface area (Å²) in [6.45, 7) is 4.24. The van der Waals surface area contributed by atoms with E-state index in [0.29, 0.717) is 5.92 Å². The zero-order valence-corrected chi connectivity index (χ0v) is 11.0. The summed E-state index contributed by atoms with van der Waals surface area (Å²) in [4.78, 5) is 13.1. The van der Waals surface area contributed by atoms with Crippen molar-refractivity contribution in [2.24, 2.45) is 13.0 Å². The largest absolute Gasteiger partial charge is 0.394 e. The van der Waals surface area contributed by atoms with Gasteiger partial charge in [-0.1, -0.05) is 0 Å². The smallest absolute Gasteiger partial charge is 0.216 e. The van der Waals surface area contributed by atoms with Crippen LogP contribution in [-0.4, -0.2) is 35.3 Å². The fraction of sp³-hybridized carbons (Fsp3) is 0.667. The molecule has 0 atom stereocenters. The van der Waals surface area contributed by atoms with E-state index in [9.17, 15) is 4.79 Å². The lowest BCUT2D eigenvalue weighted by Crippen LogP contribution is -2.38. The number of amides is 1. The number of carbonyl (C=O) groups excluding carboxylic acids is 1. The quantitative estimate of drug-likeness (QED) is 0.813. The molecule has 6 heteroatoms. The van der Waals surface area contributed by atoms with Gasteiger partial charge in [-0.3, -0.25) is 9.48 Å².